The summed E-state index contributed by atoms with van der Waals surface area (Å²) >= 11 is 0. The first kappa shape index (κ1) is 20.7. The Morgan fingerprint density at radius 1 is 0.968 bits per heavy atom. The fraction of sp³-hybridized carbons (Fsp3) is 0.231. The highest BCUT2D eigenvalue weighted by molar-refractivity contribution is 6.04. The molecule has 0 fully saturated rings. The van der Waals surface area contributed by atoms with Crippen molar-refractivity contribution in [3.63, 3.8) is 0 Å². The Kier molecular flexibility index (Phi) is 5.51. The minimum Gasteiger partial charge on any atom is -0.482 e. The molecule has 0 unspecified atom stereocenters. The van der Waals surface area contributed by atoms with Crippen LogP contribution in [0.25, 0.3) is 0 Å². The number of amides is 2. The number of hydrogen-bond donors (Lipinski definition) is 1. The third-order valence-corrected chi connectivity index (χ3v) is 5.37. The van der Waals surface area contributed by atoms with Gasteiger partial charge in [0.15, 0.2) is 6.61 Å². The molecule has 0 aromatic heterocycles. The molecule has 0 atom stereocenters. The Hall–Kier alpha value is -3.60. The van der Waals surface area contributed by atoms with Gasteiger partial charge in [0.2, 0.25) is 0 Å². The van der Waals surface area contributed by atoms with Crippen LogP contribution < -0.4 is 15.0 Å². The van der Waals surface area contributed by atoms with Crippen molar-refractivity contribution in [1.29, 1.82) is 0 Å². The maximum absolute atomic E-state index is 12.6. The SMILES string of the molecule is CC(C)(C)c1ccc(NC(=O)c2ccc(CN3C(=O)COc4ccccc43)cc2)cc1. The predicted molar refractivity (Wildman–Crippen MR) is 123 cm³/mol. The summed E-state index contributed by atoms with van der Waals surface area (Å²) in [6.45, 7) is 6.93. The topological polar surface area (TPSA) is 58.6 Å². The Bertz CT molecular complexity index is 1100. The van der Waals surface area contributed by atoms with Gasteiger partial charge in [-0.05, 0) is 52.9 Å². The summed E-state index contributed by atoms with van der Waals surface area (Å²) in [7, 11) is 0. The molecule has 0 saturated heterocycles. The molecular weight excluding hydrogens is 388 g/mol. The Morgan fingerprint density at radius 3 is 2.32 bits per heavy atom. The second kappa shape index (κ2) is 8.26. The van der Waals surface area contributed by atoms with Crippen molar-refractivity contribution in [2.24, 2.45) is 0 Å². The Morgan fingerprint density at radius 2 is 1.65 bits per heavy atom. The number of para-hydroxylation sites is 2. The monoisotopic (exact) mass is 414 g/mol. The van der Waals surface area contributed by atoms with Gasteiger partial charge in [0, 0.05) is 11.3 Å². The Labute approximate surface area is 182 Å². The number of nitrogens with one attached hydrogen (secondary N) is 1. The van der Waals surface area contributed by atoms with Crippen molar-refractivity contribution in [2.75, 3.05) is 16.8 Å². The van der Waals surface area contributed by atoms with E-state index < -0.39 is 0 Å². The number of anilines is 2. The molecule has 0 radical (unpaired) electrons. The highest BCUT2D eigenvalue weighted by atomic mass is 16.5. The van der Waals surface area contributed by atoms with Crippen LogP contribution in [-0.2, 0) is 16.8 Å². The standard InChI is InChI=1S/C26H26N2O3/c1-26(2,3)20-12-14-21(15-13-20)27-25(30)19-10-8-18(9-11-19)16-28-22-6-4-5-7-23(22)31-17-24(28)29/h4-15H,16-17H2,1-3H3,(H,27,30). The number of benzene rings is 3. The number of carbonyl (C=O) groups excluding carboxylic acids is 2. The molecule has 1 N–H and O–H groups in total. The number of fused-ring (bicyclic) bond motifs is 1. The normalized spacial score (nSPS) is 13.4. The molecule has 31 heavy (non-hydrogen) atoms. The van der Waals surface area contributed by atoms with E-state index in [1.807, 2.05) is 60.7 Å². The first-order valence-corrected chi connectivity index (χ1v) is 10.3. The maximum Gasteiger partial charge on any atom is 0.265 e. The summed E-state index contributed by atoms with van der Waals surface area (Å²) in [6.07, 6.45) is 0. The highest BCUT2D eigenvalue weighted by Gasteiger charge is 2.25. The van der Waals surface area contributed by atoms with E-state index in [1.165, 1.54) is 5.56 Å². The van der Waals surface area contributed by atoms with Gasteiger partial charge in [-0.2, -0.15) is 0 Å². The van der Waals surface area contributed by atoms with Gasteiger partial charge in [0.1, 0.15) is 5.75 Å². The maximum atomic E-state index is 12.6. The van der Waals surface area contributed by atoms with Crippen LogP contribution in [0.15, 0.2) is 72.8 Å². The molecule has 3 aromatic carbocycles. The minimum atomic E-state index is -0.164. The zero-order valence-corrected chi connectivity index (χ0v) is 18.0. The van der Waals surface area contributed by atoms with Crippen LogP contribution in [0.1, 0.15) is 42.3 Å². The van der Waals surface area contributed by atoms with Gasteiger partial charge in [-0.25, -0.2) is 0 Å². The van der Waals surface area contributed by atoms with E-state index in [0.717, 1.165) is 16.9 Å². The lowest BCUT2D eigenvalue weighted by molar-refractivity contribution is -0.121. The fourth-order valence-corrected chi connectivity index (χ4v) is 3.53. The highest BCUT2D eigenvalue weighted by Crippen LogP contribution is 2.32. The van der Waals surface area contributed by atoms with E-state index in [4.69, 9.17) is 4.74 Å². The van der Waals surface area contributed by atoms with Crippen molar-refractivity contribution in [1.82, 2.24) is 0 Å². The first-order chi connectivity index (χ1) is 14.8. The van der Waals surface area contributed by atoms with Crippen molar-refractivity contribution in [2.45, 2.75) is 32.7 Å². The van der Waals surface area contributed by atoms with E-state index in [2.05, 4.69) is 26.1 Å². The molecular formula is C26H26N2O3. The molecule has 158 valence electrons. The van der Waals surface area contributed by atoms with E-state index in [1.54, 1.807) is 17.0 Å². The van der Waals surface area contributed by atoms with Crippen molar-refractivity contribution < 1.29 is 14.3 Å². The molecule has 2 amide bonds. The second-order valence-electron chi connectivity index (χ2n) is 8.71. The number of carbonyl (C=O) groups is 2. The smallest absolute Gasteiger partial charge is 0.265 e. The third-order valence-electron chi connectivity index (χ3n) is 5.37. The largest absolute Gasteiger partial charge is 0.482 e. The quantitative estimate of drug-likeness (QED) is 0.641. The van der Waals surface area contributed by atoms with Gasteiger partial charge >= 0.3 is 0 Å². The van der Waals surface area contributed by atoms with Crippen molar-refractivity contribution in [3.8, 4) is 5.75 Å². The minimum absolute atomic E-state index is 0.0332. The van der Waals surface area contributed by atoms with Gasteiger partial charge < -0.3 is 15.0 Å². The molecule has 0 spiro atoms. The summed E-state index contributed by atoms with van der Waals surface area (Å²) in [6, 6.07) is 22.7. The predicted octanol–water partition coefficient (Wildman–Crippen LogP) is 5.16. The number of nitrogens with zero attached hydrogens (tertiary/aromatic N) is 1. The van der Waals surface area contributed by atoms with Crippen molar-refractivity contribution >= 4 is 23.2 Å². The zero-order chi connectivity index (χ0) is 22.0. The van der Waals surface area contributed by atoms with Gasteiger partial charge in [-0.3, -0.25) is 9.59 Å². The summed E-state index contributed by atoms with van der Waals surface area (Å²) in [5.74, 6) is 0.456. The van der Waals surface area contributed by atoms with Crippen LogP contribution in [0.4, 0.5) is 11.4 Å². The van der Waals surface area contributed by atoms with E-state index in [0.29, 0.717) is 17.9 Å². The first-order valence-electron chi connectivity index (χ1n) is 10.3. The summed E-state index contributed by atoms with van der Waals surface area (Å²) in [4.78, 5) is 26.7. The van der Waals surface area contributed by atoms with Crippen LogP contribution in [0.2, 0.25) is 0 Å². The molecule has 0 saturated carbocycles. The summed E-state index contributed by atoms with van der Waals surface area (Å²) < 4.78 is 5.49. The molecule has 3 aromatic rings. The van der Waals surface area contributed by atoms with Crippen LogP contribution in [-0.4, -0.2) is 18.4 Å². The van der Waals surface area contributed by atoms with Crippen LogP contribution in [0.5, 0.6) is 5.75 Å². The molecule has 4 rings (SSSR count). The molecule has 5 heteroatoms. The molecule has 5 nitrogen and oxygen atoms in total. The number of ether oxygens (including phenoxy) is 1. The zero-order valence-electron chi connectivity index (χ0n) is 18.0. The van der Waals surface area contributed by atoms with E-state index in [9.17, 15) is 9.59 Å². The average molecular weight is 415 g/mol. The van der Waals surface area contributed by atoms with E-state index in [-0.39, 0.29) is 23.8 Å². The third kappa shape index (κ3) is 4.61. The second-order valence-corrected chi connectivity index (χ2v) is 8.71. The number of rotatable bonds is 4. The lowest BCUT2D eigenvalue weighted by Gasteiger charge is -2.29. The van der Waals surface area contributed by atoms with Crippen LogP contribution >= 0.6 is 0 Å². The van der Waals surface area contributed by atoms with Gasteiger partial charge in [-0.1, -0.05) is 57.2 Å². The lowest BCUT2D eigenvalue weighted by atomic mass is 9.87. The Balaban J connectivity index is 1.44. The van der Waals surface area contributed by atoms with Gasteiger partial charge in [0.05, 0.1) is 12.2 Å². The molecule has 0 aliphatic carbocycles. The lowest BCUT2D eigenvalue weighted by Crippen LogP contribution is -2.38. The molecule has 0 bridgehead atoms. The van der Waals surface area contributed by atoms with E-state index >= 15 is 0 Å². The molecule has 1 aliphatic rings. The summed E-state index contributed by atoms with van der Waals surface area (Å²) in [5.41, 5.74) is 4.32. The molecule has 1 aliphatic heterocycles. The number of hydrogen-bond acceptors (Lipinski definition) is 3. The summed E-state index contributed by atoms with van der Waals surface area (Å²) in [5, 5.41) is 2.94. The van der Waals surface area contributed by atoms with Gasteiger partial charge in [0.25, 0.3) is 11.8 Å². The average Bonchev–Trinajstić information content (AvgIpc) is 2.76. The fourth-order valence-electron chi connectivity index (χ4n) is 3.53. The van der Waals surface area contributed by atoms with Crippen LogP contribution in [0.3, 0.4) is 0 Å². The van der Waals surface area contributed by atoms with Crippen molar-refractivity contribution in [3.05, 3.63) is 89.5 Å². The molecule has 1 heterocycles. The van der Waals surface area contributed by atoms with Gasteiger partial charge in [-0.15, -0.1) is 0 Å². The van der Waals surface area contributed by atoms with Crippen LogP contribution in [0, 0.1) is 0 Å².